The summed E-state index contributed by atoms with van der Waals surface area (Å²) < 4.78 is 5.69. The normalized spacial score (nSPS) is 10.7. The Bertz CT molecular complexity index is 599. The largest absolute Gasteiger partial charge is 0.487 e. The highest BCUT2D eigenvalue weighted by Gasteiger charge is 2.07. The number of ether oxygens (including phenoxy) is 1. The lowest BCUT2D eigenvalue weighted by Crippen LogP contribution is -2.11. The van der Waals surface area contributed by atoms with Gasteiger partial charge < -0.3 is 10.1 Å². The summed E-state index contributed by atoms with van der Waals surface area (Å²) >= 11 is 17.9. The van der Waals surface area contributed by atoms with Crippen LogP contribution in [-0.4, -0.2) is 6.54 Å². The first-order chi connectivity index (χ1) is 10.1. The summed E-state index contributed by atoms with van der Waals surface area (Å²) in [6.45, 7) is 4.35. The van der Waals surface area contributed by atoms with Gasteiger partial charge in [-0.2, -0.15) is 0 Å². The molecule has 0 unspecified atom stereocenters. The third-order valence-electron chi connectivity index (χ3n) is 2.97. The lowest BCUT2D eigenvalue weighted by Gasteiger charge is -2.10. The Kier molecular flexibility index (Phi) is 6.19. The molecule has 5 heteroatoms. The van der Waals surface area contributed by atoms with Gasteiger partial charge in [-0.3, -0.25) is 0 Å². The maximum Gasteiger partial charge on any atom is 0.139 e. The molecule has 2 aromatic rings. The molecule has 0 bridgehead atoms. The van der Waals surface area contributed by atoms with Crippen LogP contribution in [0.25, 0.3) is 0 Å². The summed E-state index contributed by atoms with van der Waals surface area (Å²) in [5, 5.41) is 4.58. The summed E-state index contributed by atoms with van der Waals surface area (Å²) in [5.74, 6) is 0.530. The minimum atomic E-state index is 0.418. The quantitative estimate of drug-likeness (QED) is 0.715. The van der Waals surface area contributed by atoms with E-state index in [1.807, 2.05) is 12.1 Å². The van der Waals surface area contributed by atoms with Crippen molar-refractivity contribution in [2.24, 2.45) is 0 Å². The Morgan fingerprint density at radius 2 is 1.52 bits per heavy atom. The van der Waals surface area contributed by atoms with Crippen molar-refractivity contribution < 1.29 is 4.74 Å². The van der Waals surface area contributed by atoms with Crippen molar-refractivity contribution in [1.82, 2.24) is 5.32 Å². The Hall–Kier alpha value is -0.930. The second-order valence-corrected chi connectivity index (χ2v) is 5.80. The first kappa shape index (κ1) is 16.4. The maximum absolute atomic E-state index is 6.07. The Labute approximate surface area is 140 Å². The molecule has 0 radical (unpaired) electrons. The molecule has 2 aromatic carbocycles. The minimum absolute atomic E-state index is 0.418. The van der Waals surface area contributed by atoms with E-state index < -0.39 is 0 Å². The molecule has 0 spiro atoms. The molecule has 0 amide bonds. The van der Waals surface area contributed by atoms with Crippen LogP contribution in [0.3, 0.4) is 0 Å². The molecule has 0 saturated carbocycles. The van der Waals surface area contributed by atoms with E-state index in [2.05, 4.69) is 24.4 Å². The van der Waals surface area contributed by atoms with Crippen molar-refractivity contribution in [3.8, 4) is 5.75 Å². The summed E-state index contributed by atoms with van der Waals surface area (Å²) in [6.07, 6.45) is 0. The van der Waals surface area contributed by atoms with Crippen LogP contribution in [0.2, 0.25) is 15.1 Å². The summed E-state index contributed by atoms with van der Waals surface area (Å²) in [6, 6.07) is 11.5. The molecule has 0 aliphatic carbocycles. The molecular weight excluding hydrogens is 329 g/mol. The molecular formula is C16H16Cl3NO. The molecule has 0 fully saturated rings. The summed E-state index contributed by atoms with van der Waals surface area (Å²) in [7, 11) is 0. The first-order valence-electron chi connectivity index (χ1n) is 6.66. The molecule has 2 rings (SSSR count). The summed E-state index contributed by atoms with van der Waals surface area (Å²) in [4.78, 5) is 0. The molecule has 21 heavy (non-hydrogen) atoms. The van der Waals surface area contributed by atoms with Crippen LogP contribution in [0, 0.1) is 0 Å². The highest BCUT2D eigenvalue weighted by Crippen LogP contribution is 2.34. The average molecular weight is 345 g/mol. The van der Waals surface area contributed by atoms with Crippen molar-refractivity contribution in [2.45, 2.75) is 20.1 Å². The molecule has 0 aliphatic rings. The predicted octanol–water partition coefficient (Wildman–Crippen LogP) is 5.34. The van der Waals surface area contributed by atoms with Crippen LogP contribution in [0.15, 0.2) is 36.4 Å². The topological polar surface area (TPSA) is 21.3 Å². The van der Waals surface area contributed by atoms with Gasteiger partial charge in [0, 0.05) is 12.6 Å². The molecule has 0 saturated heterocycles. The molecule has 2 nitrogen and oxygen atoms in total. The Morgan fingerprint density at radius 3 is 2.19 bits per heavy atom. The zero-order valence-electron chi connectivity index (χ0n) is 11.6. The number of halogens is 3. The van der Waals surface area contributed by atoms with E-state index in [9.17, 15) is 0 Å². The number of hydrogen-bond donors (Lipinski definition) is 1. The second kappa shape index (κ2) is 7.90. The standard InChI is InChI=1S/C16H16Cl3NO/c1-2-20-9-11-3-5-12(6-4-11)10-21-16-8-14(18)13(17)7-15(16)19/h3-8,20H,2,9-10H2,1H3. The van der Waals surface area contributed by atoms with E-state index >= 15 is 0 Å². The van der Waals surface area contributed by atoms with Crippen LogP contribution >= 0.6 is 34.8 Å². The Morgan fingerprint density at radius 1 is 0.905 bits per heavy atom. The third-order valence-corrected chi connectivity index (χ3v) is 3.99. The molecule has 0 heterocycles. The summed E-state index contributed by atoms with van der Waals surface area (Å²) in [5.41, 5.74) is 2.31. The highest BCUT2D eigenvalue weighted by molar-refractivity contribution is 6.43. The average Bonchev–Trinajstić information content (AvgIpc) is 2.48. The van der Waals surface area contributed by atoms with Crippen LogP contribution in [0.4, 0.5) is 0 Å². The van der Waals surface area contributed by atoms with Crippen LogP contribution in [-0.2, 0) is 13.2 Å². The van der Waals surface area contributed by atoms with Gasteiger partial charge in [-0.1, -0.05) is 66.0 Å². The monoisotopic (exact) mass is 343 g/mol. The molecule has 0 aliphatic heterocycles. The molecule has 112 valence electrons. The van der Waals surface area contributed by atoms with Crippen molar-refractivity contribution in [2.75, 3.05) is 6.54 Å². The van der Waals surface area contributed by atoms with E-state index in [1.54, 1.807) is 12.1 Å². The van der Waals surface area contributed by atoms with Gasteiger partial charge >= 0.3 is 0 Å². The van der Waals surface area contributed by atoms with E-state index in [1.165, 1.54) is 5.56 Å². The molecule has 0 atom stereocenters. The van der Waals surface area contributed by atoms with Crippen LogP contribution < -0.4 is 10.1 Å². The maximum atomic E-state index is 6.07. The number of nitrogens with one attached hydrogen (secondary N) is 1. The van der Waals surface area contributed by atoms with Crippen molar-refractivity contribution in [3.63, 3.8) is 0 Å². The van der Waals surface area contributed by atoms with Crippen LogP contribution in [0.5, 0.6) is 5.75 Å². The fourth-order valence-electron chi connectivity index (χ4n) is 1.80. The van der Waals surface area contributed by atoms with Gasteiger partial charge in [0.25, 0.3) is 0 Å². The van der Waals surface area contributed by atoms with Gasteiger partial charge in [0.1, 0.15) is 12.4 Å². The number of hydrogen-bond acceptors (Lipinski definition) is 2. The van der Waals surface area contributed by atoms with E-state index in [0.29, 0.717) is 27.4 Å². The fourth-order valence-corrected chi connectivity index (χ4v) is 2.39. The van der Waals surface area contributed by atoms with Gasteiger partial charge in [0.05, 0.1) is 15.1 Å². The zero-order valence-corrected chi connectivity index (χ0v) is 13.9. The molecule has 1 N–H and O–H groups in total. The van der Waals surface area contributed by atoms with Crippen molar-refractivity contribution in [1.29, 1.82) is 0 Å². The minimum Gasteiger partial charge on any atom is -0.487 e. The smallest absolute Gasteiger partial charge is 0.139 e. The second-order valence-electron chi connectivity index (χ2n) is 4.58. The van der Waals surface area contributed by atoms with Gasteiger partial charge in [-0.25, -0.2) is 0 Å². The predicted molar refractivity (Wildman–Crippen MR) is 89.6 cm³/mol. The van der Waals surface area contributed by atoms with Gasteiger partial charge in [0.15, 0.2) is 0 Å². The van der Waals surface area contributed by atoms with Gasteiger partial charge in [-0.15, -0.1) is 0 Å². The van der Waals surface area contributed by atoms with E-state index in [4.69, 9.17) is 39.5 Å². The number of benzene rings is 2. The highest BCUT2D eigenvalue weighted by atomic mass is 35.5. The lowest BCUT2D eigenvalue weighted by molar-refractivity contribution is 0.306. The van der Waals surface area contributed by atoms with Crippen molar-refractivity contribution in [3.05, 3.63) is 62.6 Å². The fraction of sp³-hybridized carbons (Fsp3) is 0.250. The first-order valence-corrected chi connectivity index (χ1v) is 7.79. The van der Waals surface area contributed by atoms with E-state index in [0.717, 1.165) is 18.7 Å². The van der Waals surface area contributed by atoms with Gasteiger partial charge in [0.2, 0.25) is 0 Å². The lowest BCUT2D eigenvalue weighted by atomic mass is 10.1. The Balaban J connectivity index is 1.98. The zero-order chi connectivity index (χ0) is 15.2. The van der Waals surface area contributed by atoms with E-state index in [-0.39, 0.29) is 0 Å². The van der Waals surface area contributed by atoms with Gasteiger partial charge in [-0.05, 0) is 23.7 Å². The SMILES string of the molecule is CCNCc1ccc(COc2cc(Cl)c(Cl)cc2Cl)cc1. The van der Waals surface area contributed by atoms with Crippen LogP contribution in [0.1, 0.15) is 18.1 Å². The third kappa shape index (κ3) is 4.79. The van der Waals surface area contributed by atoms with Crippen molar-refractivity contribution >= 4 is 34.8 Å². The molecule has 0 aromatic heterocycles. The number of rotatable bonds is 6.